The number of nitrogens with one attached hydrogen (secondary N) is 1. The van der Waals surface area contributed by atoms with E-state index in [4.69, 9.17) is 0 Å². The van der Waals surface area contributed by atoms with Crippen LogP contribution in [-0.2, 0) is 0 Å². The molecule has 2 aromatic rings. The smallest absolute Gasteiger partial charge is 0.188 e. The monoisotopic (exact) mass is 254 g/mol. The molecule has 0 bridgehead atoms. The van der Waals surface area contributed by atoms with Gasteiger partial charge in [-0.15, -0.1) is 0 Å². The Kier molecular flexibility index (Phi) is 2.61. The number of hydrogen-bond acceptors (Lipinski definition) is 3. The molecule has 1 aromatic heterocycles. The molecule has 0 saturated carbocycles. The fourth-order valence-electron chi connectivity index (χ4n) is 0.957. The Labute approximate surface area is 88.8 Å². The molecule has 0 atom stereocenters. The summed E-state index contributed by atoms with van der Waals surface area (Å²) in [5.74, 6) is 0. The Morgan fingerprint density at radius 1 is 1.23 bits per heavy atom. The predicted molar refractivity (Wildman–Crippen MR) is 59.5 cm³/mol. The molecule has 0 spiro atoms. The van der Waals surface area contributed by atoms with Crippen LogP contribution in [0.1, 0.15) is 0 Å². The molecule has 2 nitrogen and oxygen atoms in total. The van der Waals surface area contributed by atoms with Crippen LogP contribution in [0.25, 0.3) is 0 Å². The van der Waals surface area contributed by atoms with Gasteiger partial charge in [0, 0.05) is 5.69 Å². The van der Waals surface area contributed by atoms with Gasteiger partial charge in [-0.3, -0.25) is 0 Å². The van der Waals surface area contributed by atoms with Crippen LogP contribution in [-0.4, -0.2) is 4.98 Å². The van der Waals surface area contributed by atoms with Gasteiger partial charge in [-0.1, -0.05) is 29.5 Å². The molecule has 0 aliphatic rings. The van der Waals surface area contributed by atoms with Gasteiger partial charge in [-0.2, -0.15) is 0 Å². The third-order valence-corrected chi connectivity index (χ3v) is 2.89. The minimum atomic E-state index is 0.901. The lowest BCUT2D eigenvalue weighted by Gasteiger charge is -1.99. The highest BCUT2D eigenvalue weighted by Gasteiger charge is 1.98. The third kappa shape index (κ3) is 2.29. The summed E-state index contributed by atoms with van der Waals surface area (Å²) < 4.78 is 1.03. The van der Waals surface area contributed by atoms with Gasteiger partial charge in [0.25, 0.3) is 0 Å². The summed E-state index contributed by atoms with van der Waals surface area (Å²) in [6, 6.07) is 9.99. The second kappa shape index (κ2) is 3.89. The molecule has 2 rings (SSSR count). The summed E-state index contributed by atoms with van der Waals surface area (Å²) >= 11 is 4.94. The quantitative estimate of drug-likeness (QED) is 0.885. The summed E-state index contributed by atoms with van der Waals surface area (Å²) in [5, 5.41) is 4.10. The molecule has 0 saturated heterocycles. The van der Waals surface area contributed by atoms with Crippen molar-refractivity contribution in [3.63, 3.8) is 0 Å². The third-order valence-electron chi connectivity index (χ3n) is 1.50. The van der Waals surface area contributed by atoms with E-state index in [0.29, 0.717) is 0 Å². The van der Waals surface area contributed by atoms with Crippen molar-refractivity contribution in [2.24, 2.45) is 0 Å². The zero-order chi connectivity index (χ0) is 9.10. The largest absolute Gasteiger partial charge is 0.332 e. The molecule has 66 valence electrons. The van der Waals surface area contributed by atoms with Crippen LogP contribution in [0.15, 0.2) is 40.3 Å². The lowest BCUT2D eigenvalue weighted by Crippen LogP contribution is -1.87. The maximum absolute atomic E-state index is 4.17. The van der Waals surface area contributed by atoms with Crippen LogP contribution in [0.3, 0.4) is 0 Å². The number of benzene rings is 1. The zero-order valence-corrected chi connectivity index (χ0v) is 9.10. The van der Waals surface area contributed by atoms with Crippen molar-refractivity contribution in [2.75, 3.05) is 5.32 Å². The summed E-state index contributed by atoms with van der Waals surface area (Å²) in [5.41, 5.74) is 1.06. The number of aromatic nitrogens is 1. The van der Waals surface area contributed by atoms with Crippen LogP contribution in [0, 0.1) is 0 Å². The highest BCUT2D eigenvalue weighted by atomic mass is 79.9. The molecule has 13 heavy (non-hydrogen) atoms. The molecule has 1 heterocycles. The van der Waals surface area contributed by atoms with Crippen molar-refractivity contribution >= 4 is 38.1 Å². The minimum absolute atomic E-state index is 0.901. The molecule has 0 unspecified atom stereocenters. The first-order valence-electron chi connectivity index (χ1n) is 3.78. The normalized spacial score (nSPS) is 9.92. The fraction of sp³-hybridized carbons (Fsp3) is 0. The standard InChI is InChI=1S/C9H7BrN2S/c10-8-6-11-9(13-8)12-7-4-2-1-3-5-7/h1-6H,(H,11,12). The summed E-state index contributed by atoms with van der Waals surface area (Å²) in [6.45, 7) is 0. The first-order chi connectivity index (χ1) is 6.34. The van der Waals surface area contributed by atoms with Crippen molar-refractivity contribution < 1.29 is 0 Å². The average molecular weight is 255 g/mol. The van der Waals surface area contributed by atoms with Gasteiger partial charge in [-0.05, 0) is 28.1 Å². The van der Waals surface area contributed by atoms with E-state index in [1.807, 2.05) is 30.3 Å². The molecule has 4 heteroatoms. The van der Waals surface area contributed by atoms with Gasteiger partial charge in [0.1, 0.15) is 0 Å². The zero-order valence-electron chi connectivity index (χ0n) is 6.70. The second-order valence-electron chi connectivity index (χ2n) is 2.46. The van der Waals surface area contributed by atoms with Gasteiger partial charge >= 0.3 is 0 Å². The van der Waals surface area contributed by atoms with E-state index in [1.54, 1.807) is 17.5 Å². The fourth-order valence-corrected chi connectivity index (χ4v) is 2.08. The van der Waals surface area contributed by atoms with Gasteiger partial charge in [0.15, 0.2) is 5.13 Å². The predicted octanol–water partition coefficient (Wildman–Crippen LogP) is 3.65. The summed E-state index contributed by atoms with van der Waals surface area (Å²) in [7, 11) is 0. The number of anilines is 2. The van der Waals surface area contributed by atoms with Crippen LogP contribution in [0.4, 0.5) is 10.8 Å². The van der Waals surface area contributed by atoms with Gasteiger partial charge in [-0.25, -0.2) is 4.98 Å². The topological polar surface area (TPSA) is 24.9 Å². The number of rotatable bonds is 2. The van der Waals surface area contributed by atoms with E-state index in [9.17, 15) is 0 Å². The molecule has 0 aliphatic carbocycles. The first-order valence-corrected chi connectivity index (χ1v) is 5.39. The van der Waals surface area contributed by atoms with Crippen LogP contribution < -0.4 is 5.32 Å². The lowest BCUT2D eigenvalue weighted by molar-refractivity contribution is 1.38. The van der Waals surface area contributed by atoms with E-state index in [2.05, 4.69) is 26.2 Å². The molecule has 1 aromatic carbocycles. The van der Waals surface area contributed by atoms with Crippen molar-refractivity contribution in [1.29, 1.82) is 0 Å². The van der Waals surface area contributed by atoms with Crippen LogP contribution >= 0.6 is 27.3 Å². The highest BCUT2D eigenvalue weighted by molar-refractivity contribution is 9.11. The number of thiazole rings is 1. The van der Waals surface area contributed by atoms with E-state index < -0.39 is 0 Å². The van der Waals surface area contributed by atoms with Crippen molar-refractivity contribution in [3.05, 3.63) is 40.3 Å². The molecule has 0 fully saturated rings. The Morgan fingerprint density at radius 3 is 2.62 bits per heavy atom. The van der Waals surface area contributed by atoms with Crippen molar-refractivity contribution in [2.45, 2.75) is 0 Å². The average Bonchev–Trinajstić information content (AvgIpc) is 2.53. The van der Waals surface area contributed by atoms with Crippen LogP contribution in [0.2, 0.25) is 0 Å². The summed E-state index contributed by atoms with van der Waals surface area (Å²) in [6.07, 6.45) is 1.79. The maximum Gasteiger partial charge on any atom is 0.188 e. The number of para-hydroxylation sites is 1. The molecule has 0 aliphatic heterocycles. The molecular weight excluding hydrogens is 248 g/mol. The van der Waals surface area contributed by atoms with E-state index in [-0.39, 0.29) is 0 Å². The Balaban J connectivity index is 2.15. The van der Waals surface area contributed by atoms with Crippen LogP contribution in [0.5, 0.6) is 0 Å². The Morgan fingerprint density at radius 2 is 2.00 bits per heavy atom. The van der Waals surface area contributed by atoms with E-state index >= 15 is 0 Å². The van der Waals surface area contributed by atoms with E-state index in [1.165, 1.54) is 0 Å². The Hall–Kier alpha value is -0.870. The second-order valence-corrected chi connectivity index (χ2v) is 4.87. The SMILES string of the molecule is Brc1cnc(Nc2ccccc2)s1. The first kappa shape index (κ1) is 8.72. The van der Waals surface area contributed by atoms with Gasteiger partial charge < -0.3 is 5.32 Å². The number of hydrogen-bond donors (Lipinski definition) is 1. The molecule has 1 N–H and O–H groups in total. The molecule has 0 amide bonds. The Bertz CT molecular complexity index is 386. The van der Waals surface area contributed by atoms with Gasteiger partial charge in [0.2, 0.25) is 0 Å². The molecular formula is C9H7BrN2S. The highest BCUT2D eigenvalue weighted by Crippen LogP contribution is 2.25. The minimum Gasteiger partial charge on any atom is -0.332 e. The molecule has 0 radical (unpaired) electrons. The van der Waals surface area contributed by atoms with Crippen molar-refractivity contribution in [1.82, 2.24) is 4.98 Å². The summed E-state index contributed by atoms with van der Waals surface area (Å²) in [4.78, 5) is 4.17. The number of halogens is 1. The number of nitrogens with zero attached hydrogens (tertiary/aromatic N) is 1. The lowest BCUT2D eigenvalue weighted by atomic mass is 10.3. The maximum atomic E-state index is 4.17. The van der Waals surface area contributed by atoms with E-state index in [0.717, 1.165) is 14.6 Å². The van der Waals surface area contributed by atoms with Gasteiger partial charge in [0.05, 0.1) is 9.98 Å². The van der Waals surface area contributed by atoms with Crippen molar-refractivity contribution in [3.8, 4) is 0 Å².